The van der Waals surface area contributed by atoms with Crippen LogP contribution in [0.5, 0.6) is 0 Å². The SMILES string of the molecule is Cc1ccc(NC(=O)C(C)C2CNC2)cc1.Cl. The number of halogens is 1. The van der Waals surface area contributed by atoms with Gasteiger partial charge in [0.1, 0.15) is 0 Å². The van der Waals surface area contributed by atoms with Crippen LogP contribution in [0.1, 0.15) is 12.5 Å². The first-order valence-electron chi connectivity index (χ1n) is 5.75. The third kappa shape index (κ3) is 3.45. The van der Waals surface area contributed by atoms with Crippen LogP contribution in [0, 0.1) is 18.8 Å². The summed E-state index contributed by atoms with van der Waals surface area (Å²) in [7, 11) is 0. The Morgan fingerprint density at radius 1 is 1.35 bits per heavy atom. The second kappa shape index (κ2) is 6.03. The third-order valence-corrected chi connectivity index (χ3v) is 3.25. The molecule has 0 radical (unpaired) electrons. The first kappa shape index (κ1) is 14.0. The van der Waals surface area contributed by atoms with Crippen LogP contribution in [-0.2, 0) is 4.79 Å². The van der Waals surface area contributed by atoms with E-state index in [4.69, 9.17) is 0 Å². The van der Waals surface area contributed by atoms with Crippen molar-refractivity contribution in [1.82, 2.24) is 5.32 Å². The quantitative estimate of drug-likeness (QED) is 0.869. The number of carbonyl (C=O) groups is 1. The monoisotopic (exact) mass is 254 g/mol. The van der Waals surface area contributed by atoms with Gasteiger partial charge in [-0.25, -0.2) is 0 Å². The van der Waals surface area contributed by atoms with E-state index in [9.17, 15) is 4.79 Å². The maximum atomic E-state index is 11.9. The van der Waals surface area contributed by atoms with Gasteiger partial charge in [0, 0.05) is 11.6 Å². The predicted octanol–water partition coefficient (Wildman–Crippen LogP) is 2.21. The molecule has 2 rings (SSSR count). The zero-order valence-electron chi connectivity index (χ0n) is 10.2. The van der Waals surface area contributed by atoms with Gasteiger partial charge in [0.25, 0.3) is 0 Å². The number of anilines is 1. The average Bonchev–Trinajstić information content (AvgIpc) is 2.19. The maximum Gasteiger partial charge on any atom is 0.227 e. The molecule has 1 aromatic carbocycles. The third-order valence-electron chi connectivity index (χ3n) is 3.25. The maximum absolute atomic E-state index is 11.9. The molecule has 0 aliphatic carbocycles. The summed E-state index contributed by atoms with van der Waals surface area (Å²) in [5.41, 5.74) is 2.09. The molecular weight excluding hydrogens is 236 g/mol. The molecule has 17 heavy (non-hydrogen) atoms. The van der Waals surface area contributed by atoms with E-state index in [-0.39, 0.29) is 24.2 Å². The van der Waals surface area contributed by atoms with Gasteiger partial charge in [-0.1, -0.05) is 24.6 Å². The van der Waals surface area contributed by atoms with Crippen molar-refractivity contribution in [1.29, 1.82) is 0 Å². The van der Waals surface area contributed by atoms with Crippen molar-refractivity contribution in [2.75, 3.05) is 18.4 Å². The fraction of sp³-hybridized carbons (Fsp3) is 0.462. The largest absolute Gasteiger partial charge is 0.326 e. The fourth-order valence-electron chi connectivity index (χ4n) is 1.77. The van der Waals surface area contributed by atoms with Crippen molar-refractivity contribution in [2.24, 2.45) is 11.8 Å². The number of benzene rings is 1. The molecule has 1 aromatic rings. The lowest BCUT2D eigenvalue weighted by atomic mass is 9.88. The zero-order valence-corrected chi connectivity index (χ0v) is 11.0. The summed E-state index contributed by atoms with van der Waals surface area (Å²) in [6.07, 6.45) is 0. The van der Waals surface area contributed by atoms with Crippen LogP contribution in [0.3, 0.4) is 0 Å². The summed E-state index contributed by atoms with van der Waals surface area (Å²) >= 11 is 0. The number of hydrogen-bond donors (Lipinski definition) is 2. The first-order chi connectivity index (χ1) is 7.66. The molecule has 1 heterocycles. The molecule has 0 bridgehead atoms. The fourth-order valence-corrected chi connectivity index (χ4v) is 1.77. The van der Waals surface area contributed by atoms with Crippen molar-refractivity contribution >= 4 is 24.0 Å². The molecule has 1 atom stereocenters. The van der Waals surface area contributed by atoms with E-state index in [1.807, 2.05) is 38.1 Å². The van der Waals surface area contributed by atoms with Crippen LogP contribution in [0.25, 0.3) is 0 Å². The Morgan fingerprint density at radius 2 is 1.94 bits per heavy atom. The standard InChI is InChI=1S/C13H18N2O.ClH/c1-9-3-5-12(6-4-9)15-13(16)10(2)11-7-14-8-11;/h3-6,10-11,14H,7-8H2,1-2H3,(H,15,16);1H. The topological polar surface area (TPSA) is 41.1 Å². The highest BCUT2D eigenvalue weighted by molar-refractivity contribution is 5.92. The van der Waals surface area contributed by atoms with Gasteiger partial charge in [-0.05, 0) is 38.1 Å². The molecule has 0 saturated carbocycles. The van der Waals surface area contributed by atoms with Crippen molar-refractivity contribution in [3.63, 3.8) is 0 Å². The van der Waals surface area contributed by atoms with Gasteiger partial charge >= 0.3 is 0 Å². The van der Waals surface area contributed by atoms with E-state index in [1.54, 1.807) is 0 Å². The molecule has 1 fully saturated rings. The molecule has 2 N–H and O–H groups in total. The van der Waals surface area contributed by atoms with Gasteiger partial charge in [-0.2, -0.15) is 0 Å². The Labute approximate surface area is 108 Å². The summed E-state index contributed by atoms with van der Waals surface area (Å²) in [5, 5.41) is 6.14. The van der Waals surface area contributed by atoms with E-state index in [2.05, 4.69) is 10.6 Å². The lowest BCUT2D eigenvalue weighted by Gasteiger charge is -2.31. The minimum Gasteiger partial charge on any atom is -0.326 e. The Hall–Kier alpha value is -1.06. The lowest BCUT2D eigenvalue weighted by molar-refractivity contribution is -0.121. The predicted molar refractivity (Wildman–Crippen MR) is 72.6 cm³/mol. The molecular formula is C13H19ClN2O. The minimum atomic E-state index is 0. The number of aryl methyl sites for hydroxylation is 1. The summed E-state index contributed by atoms with van der Waals surface area (Å²) in [6.45, 7) is 5.95. The smallest absolute Gasteiger partial charge is 0.227 e. The summed E-state index contributed by atoms with van der Waals surface area (Å²) in [6, 6.07) is 7.90. The van der Waals surface area contributed by atoms with E-state index in [0.29, 0.717) is 5.92 Å². The Kier molecular flexibility index (Phi) is 4.97. The Balaban J connectivity index is 0.00000144. The van der Waals surface area contributed by atoms with Crippen molar-refractivity contribution in [3.05, 3.63) is 29.8 Å². The summed E-state index contributed by atoms with van der Waals surface area (Å²) < 4.78 is 0. The molecule has 4 heteroatoms. The molecule has 1 unspecified atom stereocenters. The van der Waals surface area contributed by atoms with Crippen molar-refractivity contribution < 1.29 is 4.79 Å². The van der Waals surface area contributed by atoms with E-state index >= 15 is 0 Å². The molecule has 0 spiro atoms. The van der Waals surface area contributed by atoms with Crippen LogP contribution < -0.4 is 10.6 Å². The van der Waals surface area contributed by atoms with Crippen molar-refractivity contribution in [2.45, 2.75) is 13.8 Å². The summed E-state index contributed by atoms with van der Waals surface area (Å²) in [4.78, 5) is 11.9. The van der Waals surface area contributed by atoms with Gasteiger partial charge < -0.3 is 10.6 Å². The van der Waals surface area contributed by atoms with Gasteiger partial charge in [-0.15, -0.1) is 12.4 Å². The first-order valence-corrected chi connectivity index (χ1v) is 5.75. The van der Waals surface area contributed by atoms with E-state index in [1.165, 1.54) is 5.56 Å². The van der Waals surface area contributed by atoms with E-state index < -0.39 is 0 Å². The van der Waals surface area contributed by atoms with Crippen LogP contribution in [-0.4, -0.2) is 19.0 Å². The van der Waals surface area contributed by atoms with Gasteiger partial charge in [0.05, 0.1) is 0 Å². The molecule has 1 saturated heterocycles. The second-order valence-corrected chi connectivity index (χ2v) is 4.56. The normalized spacial score (nSPS) is 16.6. The van der Waals surface area contributed by atoms with Crippen LogP contribution in [0.4, 0.5) is 5.69 Å². The number of amides is 1. The highest BCUT2D eigenvalue weighted by atomic mass is 35.5. The summed E-state index contributed by atoms with van der Waals surface area (Å²) in [5.74, 6) is 0.698. The zero-order chi connectivity index (χ0) is 11.5. The number of carbonyl (C=O) groups excluding carboxylic acids is 1. The number of rotatable bonds is 3. The molecule has 1 amide bonds. The minimum absolute atomic E-state index is 0. The van der Waals surface area contributed by atoms with E-state index in [0.717, 1.165) is 18.8 Å². The highest BCUT2D eigenvalue weighted by Gasteiger charge is 2.28. The lowest BCUT2D eigenvalue weighted by Crippen LogP contribution is -2.48. The number of nitrogens with one attached hydrogen (secondary N) is 2. The van der Waals surface area contributed by atoms with Crippen molar-refractivity contribution in [3.8, 4) is 0 Å². The average molecular weight is 255 g/mol. The van der Waals surface area contributed by atoms with Crippen LogP contribution in [0.2, 0.25) is 0 Å². The number of hydrogen-bond acceptors (Lipinski definition) is 2. The Bertz CT molecular complexity index is 374. The van der Waals surface area contributed by atoms with Gasteiger partial charge in [0.15, 0.2) is 0 Å². The van der Waals surface area contributed by atoms with Gasteiger partial charge in [0.2, 0.25) is 5.91 Å². The van der Waals surface area contributed by atoms with Gasteiger partial charge in [-0.3, -0.25) is 4.79 Å². The molecule has 1 aliphatic rings. The van der Waals surface area contributed by atoms with Crippen LogP contribution >= 0.6 is 12.4 Å². The molecule has 94 valence electrons. The second-order valence-electron chi connectivity index (χ2n) is 4.56. The highest BCUT2D eigenvalue weighted by Crippen LogP contribution is 2.18. The molecule has 0 aromatic heterocycles. The Morgan fingerprint density at radius 3 is 2.41 bits per heavy atom. The molecule has 3 nitrogen and oxygen atoms in total. The molecule has 1 aliphatic heterocycles. The van der Waals surface area contributed by atoms with Crippen LogP contribution in [0.15, 0.2) is 24.3 Å².